The van der Waals surface area contributed by atoms with Crippen LogP contribution in [0.1, 0.15) is 29.8 Å². The van der Waals surface area contributed by atoms with Crippen LogP contribution < -0.4 is 10.9 Å². The van der Waals surface area contributed by atoms with E-state index >= 15 is 0 Å². The maximum Gasteiger partial charge on any atom is 0.321 e. The van der Waals surface area contributed by atoms with Crippen molar-refractivity contribution in [3.63, 3.8) is 0 Å². The Hall–Kier alpha value is -2.25. The summed E-state index contributed by atoms with van der Waals surface area (Å²) in [6.45, 7) is 4.70. The fraction of sp³-hybridized carbons (Fsp3) is 0.312. The lowest BCUT2D eigenvalue weighted by Crippen LogP contribution is -2.34. The first-order valence-electron chi connectivity index (χ1n) is 7.64. The van der Waals surface area contributed by atoms with Crippen molar-refractivity contribution in [3.8, 4) is 0 Å². The van der Waals surface area contributed by atoms with Gasteiger partial charge in [0, 0.05) is 31.9 Å². The number of halogens is 2. The Kier molecular flexibility index (Phi) is 5.92. The summed E-state index contributed by atoms with van der Waals surface area (Å²) < 4.78 is 1.18. The molecule has 2 amide bonds. The van der Waals surface area contributed by atoms with Crippen LogP contribution in [0.2, 0.25) is 10.0 Å². The van der Waals surface area contributed by atoms with Gasteiger partial charge in [0.05, 0.1) is 15.7 Å². The largest absolute Gasteiger partial charge is 0.325 e. The molecule has 0 bridgehead atoms. The molecule has 0 saturated carbocycles. The van der Waals surface area contributed by atoms with E-state index in [2.05, 4.69) is 10.4 Å². The molecule has 2 N–H and O–H groups in total. The maximum absolute atomic E-state index is 12.6. The van der Waals surface area contributed by atoms with Crippen LogP contribution in [0.25, 0.3) is 0 Å². The number of nitrogens with zero attached hydrogens (tertiary/aromatic N) is 2. The Morgan fingerprint density at radius 2 is 1.84 bits per heavy atom. The summed E-state index contributed by atoms with van der Waals surface area (Å²) in [5.74, 6) is -0.554. The lowest BCUT2D eigenvalue weighted by molar-refractivity contribution is 0.103. The summed E-state index contributed by atoms with van der Waals surface area (Å²) in [4.78, 5) is 38.4. The highest BCUT2D eigenvalue weighted by Gasteiger charge is 2.22. The van der Waals surface area contributed by atoms with Crippen LogP contribution in [-0.4, -0.2) is 39.6 Å². The van der Waals surface area contributed by atoms with Crippen molar-refractivity contribution in [1.82, 2.24) is 14.7 Å². The van der Waals surface area contributed by atoms with E-state index in [0.29, 0.717) is 13.1 Å². The van der Waals surface area contributed by atoms with Gasteiger partial charge >= 0.3 is 6.03 Å². The standard InChI is InChI=1S/C16H18Cl2N4O3/c1-4-22(5-2)16(25)20-13-11(17)7-6-9(12(13)18)14(23)10-8-19-21(3)15(10)24/h6-8,19H,4-5H2,1-3H3,(H,20,25). The molecule has 1 heterocycles. The molecule has 0 radical (unpaired) electrons. The van der Waals surface area contributed by atoms with Crippen molar-refractivity contribution >= 4 is 40.7 Å². The summed E-state index contributed by atoms with van der Waals surface area (Å²) >= 11 is 12.4. The van der Waals surface area contributed by atoms with E-state index in [4.69, 9.17) is 23.2 Å². The number of anilines is 1. The number of aromatic amines is 1. The van der Waals surface area contributed by atoms with Crippen molar-refractivity contribution in [3.05, 3.63) is 49.9 Å². The predicted molar refractivity (Wildman–Crippen MR) is 97.9 cm³/mol. The lowest BCUT2D eigenvalue weighted by Gasteiger charge is -2.20. The second kappa shape index (κ2) is 7.76. The number of H-pyrrole nitrogens is 1. The Bertz CT molecular complexity index is 869. The van der Waals surface area contributed by atoms with Gasteiger partial charge in [-0.15, -0.1) is 0 Å². The fourth-order valence-electron chi connectivity index (χ4n) is 2.31. The van der Waals surface area contributed by atoms with Crippen LogP contribution in [0.3, 0.4) is 0 Å². The van der Waals surface area contributed by atoms with Gasteiger partial charge in [-0.25, -0.2) is 4.79 Å². The third-order valence-corrected chi connectivity index (χ3v) is 4.51. The first kappa shape index (κ1) is 19.1. The van der Waals surface area contributed by atoms with Crippen LogP contribution in [0.15, 0.2) is 23.1 Å². The highest BCUT2D eigenvalue weighted by atomic mass is 35.5. The Labute approximate surface area is 154 Å². The molecule has 0 unspecified atom stereocenters. The number of hydrogen-bond donors (Lipinski definition) is 2. The van der Waals surface area contributed by atoms with Crippen LogP contribution in [0, 0.1) is 0 Å². The van der Waals surface area contributed by atoms with Crippen molar-refractivity contribution in [2.24, 2.45) is 7.05 Å². The first-order chi connectivity index (χ1) is 11.8. The molecular weight excluding hydrogens is 367 g/mol. The average Bonchev–Trinajstić information content (AvgIpc) is 2.91. The minimum atomic E-state index is -0.554. The average molecular weight is 385 g/mol. The minimum Gasteiger partial charge on any atom is -0.325 e. The number of carbonyl (C=O) groups excluding carboxylic acids is 2. The van der Waals surface area contributed by atoms with Crippen molar-refractivity contribution < 1.29 is 9.59 Å². The monoisotopic (exact) mass is 384 g/mol. The molecule has 0 aliphatic heterocycles. The van der Waals surface area contributed by atoms with E-state index in [1.54, 1.807) is 4.90 Å². The summed E-state index contributed by atoms with van der Waals surface area (Å²) in [6, 6.07) is 2.50. The number of aryl methyl sites for hydroxylation is 1. The second-order valence-electron chi connectivity index (χ2n) is 5.27. The summed E-state index contributed by atoms with van der Waals surface area (Å²) in [7, 11) is 1.50. The van der Waals surface area contributed by atoms with Gasteiger partial charge < -0.3 is 15.3 Å². The number of ketones is 1. The van der Waals surface area contributed by atoms with E-state index in [0.717, 1.165) is 0 Å². The smallest absolute Gasteiger partial charge is 0.321 e. The molecule has 7 nitrogen and oxygen atoms in total. The number of hydrogen-bond acceptors (Lipinski definition) is 3. The van der Waals surface area contributed by atoms with Gasteiger partial charge in [0.15, 0.2) is 0 Å². The third kappa shape index (κ3) is 3.72. The number of rotatable bonds is 5. The highest BCUT2D eigenvalue weighted by Crippen LogP contribution is 2.34. The molecular formula is C16H18Cl2N4O3. The normalized spacial score (nSPS) is 10.6. The molecule has 0 saturated heterocycles. The van der Waals surface area contributed by atoms with E-state index in [1.165, 1.54) is 30.1 Å². The maximum atomic E-state index is 12.6. The first-order valence-corrected chi connectivity index (χ1v) is 8.40. The molecule has 1 aromatic heterocycles. The number of urea groups is 1. The topological polar surface area (TPSA) is 87.2 Å². The molecule has 0 aliphatic carbocycles. The van der Waals surface area contributed by atoms with Gasteiger partial charge in [-0.2, -0.15) is 0 Å². The van der Waals surface area contributed by atoms with E-state index in [9.17, 15) is 14.4 Å². The Balaban J connectivity index is 2.43. The van der Waals surface area contributed by atoms with E-state index in [1.807, 2.05) is 13.8 Å². The molecule has 9 heteroatoms. The van der Waals surface area contributed by atoms with Crippen molar-refractivity contribution in [2.75, 3.05) is 18.4 Å². The van der Waals surface area contributed by atoms with Gasteiger partial charge in [0.1, 0.15) is 5.56 Å². The second-order valence-corrected chi connectivity index (χ2v) is 6.05. The molecule has 25 heavy (non-hydrogen) atoms. The van der Waals surface area contributed by atoms with E-state index < -0.39 is 11.3 Å². The Morgan fingerprint density at radius 3 is 2.36 bits per heavy atom. The lowest BCUT2D eigenvalue weighted by atomic mass is 10.1. The van der Waals surface area contributed by atoms with Gasteiger partial charge in [-0.05, 0) is 26.0 Å². The number of benzene rings is 1. The minimum absolute atomic E-state index is 0.0127. The molecule has 134 valence electrons. The zero-order valence-corrected chi connectivity index (χ0v) is 15.5. The summed E-state index contributed by atoms with van der Waals surface area (Å²) in [6.07, 6.45) is 1.31. The van der Waals surface area contributed by atoms with Crippen LogP contribution in [0.4, 0.5) is 10.5 Å². The third-order valence-electron chi connectivity index (χ3n) is 3.80. The fourth-order valence-corrected chi connectivity index (χ4v) is 2.86. The van der Waals surface area contributed by atoms with Gasteiger partial charge in [0.2, 0.25) is 5.78 Å². The number of carbonyl (C=O) groups is 2. The van der Waals surface area contributed by atoms with Gasteiger partial charge in [0.25, 0.3) is 5.56 Å². The van der Waals surface area contributed by atoms with Gasteiger partial charge in [-0.1, -0.05) is 23.2 Å². The quantitative estimate of drug-likeness (QED) is 0.776. The number of amides is 2. The van der Waals surface area contributed by atoms with Crippen molar-refractivity contribution in [1.29, 1.82) is 0 Å². The summed E-state index contributed by atoms with van der Waals surface area (Å²) in [5, 5.41) is 5.45. The summed E-state index contributed by atoms with van der Waals surface area (Å²) in [5.41, 5.74) is -0.298. The zero-order chi connectivity index (χ0) is 18.7. The van der Waals surface area contributed by atoms with Crippen LogP contribution >= 0.6 is 23.2 Å². The predicted octanol–water partition coefficient (Wildman–Crippen LogP) is 3.12. The molecule has 0 spiro atoms. The number of nitrogens with one attached hydrogen (secondary N) is 2. The van der Waals surface area contributed by atoms with Gasteiger partial charge in [-0.3, -0.25) is 14.3 Å². The zero-order valence-electron chi connectivity index (χ0n) is 14.0. The van der Waals surface area contributed by atoms with E-state index in [-0.39, 0.29) is 32.9 Å². The van der Waals surface area contributed by atoms with Crippen LogP contribution in [-0.2, 0) is 7.05 Å². The molecule has 0 atom stereocenters. The number of aromatic nitrogens is 2. The molecule has 2 rings (SSSR count). The van der Waals surface area contributed by atoms with Crippen LogP contribution in [0.5, 0.6) is 0 Å². The van der Waals surface area contributed by atoms with Crippen molar-refractivity contribution in [2.45, 2.75) is 13.8 Å². The SMILES string of the molecule is CCN(CC)C(=O)Nc1c(Cl)ccc(C(=O)c2c[nH]n(C)c2=O)c1Cl. The highest BCUT2D eigenvalue weighted by molar-refractivity contribution is 6.42. The molecule has 2 aromatic rings. The Morgan fingerprint density at radius 1 is 1.20 bits per heavy atom. The molecule has 0 aliphatic rings. The molecule has 1 aromatic carbocycles. The molecule has 0 fully saturated rings.